The van der Waals surface area contributed by atoms with Crippen LogP contribution in [0.15, 0.2) is 24.7 Å². The molecule has 3 aromatic rings. The normalized spacial score (nSPS) is 25.5. The van der Waals surface area contributed by atoms with Crippen LogP contribution in [0.2, 0.25) is 0 Å². The van der Waals surface area contributed by atoms with Crippen LogP contribution in [0.3, 0.4) is 0 Å². The minimum Gasteiger partial charge on any atom is -0.481 e. The average Bonchev–Trinajstić information content (AvgIpc) is 3.16. The quantitative estimate of drug-likeness (QED) is 0.517. The number of carboxylic acid groups (broad SMARTS) is 1. The van der Waals surface area contributed by atoms with Crippen LogP contribution in [0, 0.1) is 29.4 Å². The molecule has 3 saturated carbocycles. The molecular weight excluding hydrogens is 392 g/mol. The molecule has 9 heteroatoms. The van der Waals surface area contributed by atoms with Gasteiger partial charge < -0.3 is 21.1 Å². The van der Waals surface area contributed by atoms with Crippen LogP contribution in [0.5, 0.6) is 0 Å². The molecule has 5 N–H and O–H groups in total. The summed E-state index contributed by atoms with van der Waals surface area (Å²) in [5.74, 6) is -2.12. The maximum absolute atomic E-state index is 14.8. The third kappa shape index (κ3) is 2.88. The van der Waals surface area contributed by atoms with Crippen molar-refractivity contribution in [1.82, 2.24) is 15.0 Å². The zero-order valence-corrected chi connectivity index (χ0v) is 16.0. The van der Waals surface area contributed by atoms with Gasteiger partial charge in [-0.25, -0.2) is 13.8 Å². The first kappa shape index (κ1) is 18.8. The van der Waals surface area contributed by atoms with E-state index in [4.69, 9.17) is 5.73 Å². The van der Waals surface area contributed by atoms with Gasteiger partial charge in [0.15, 0.2) is 5.82 Å². The SMILES string of the molecule is Nc1ncc(F)cc1-c1c[nH]c2c(N[C@H]3[C@H]4CC[C@H](CC4)[C@@H]3C(=O)O)c(F)cnc12. The number of anilines is 2. The van der Waals surface area contributed by atoms with E-state index in [2.05, 4.69) is 20.3 Å². The van der Waals surface area contributed by atoms with Crippen molar-refractivity contribution in [3.63, 3.8) is 0 Å². The van der Waals surface area contributed by atoms with Gasteiger partial charge in [-0.05, 0) is 43.6 Å². The Labute approximate surface area is 170 Å². The van der Waals surface area contributed by atoms with Crippen molar-refractivity contribution in [1.29, 1.82) is 0 Å². The predicted octanol–water partition coefficient (Wildman–Crippen LogP) is 3.79. The maximum Gasteiger partial charge on any atom is 0.308 e. The number of carbonyl (C=O) groups is 1. The highest BCUT2D eigenvalue weighted by Gasteiger charge is 2.47. The highest BCUT2D eigenvalue weighted by Crippen LogP contribution is 2.47. The van der Waals surface area contributed by atoms with Crippen LogP contribution in [0.1, 0.15) is 25.7 Å². The third-order valence-corrected chi connectivity index (χ3v) is 6.64. The van der Waals surface area contributed by atoms with Crippen LogP contribution in [-0.2, 0) is 4.79 Å². The summed E-state index contributed by atoms with van der Waals surface area (Å²) in [6.07, 6.45) is 7.35. The summed E-state index contributed by atoms with van der Waals surface area (Å²) in [7, 11) is 0. The molecule has 3 heterocycles. The third-order valence-electron chi connectivity index (χ3n) is 6.64. The number of aliphatic carboxylic acids is 1. The van der Waals surface area contributed by atoms with E-state index < -0.39 is 23.5 Å². The number of nitrogens with zero attached hydrogens (tertiary/aromatic N) is 2. The second-order valence-electron chi connectivity index (χ2n) is 8.20. The number of hydrogen-bond acceptors (Lipinski definition) is 5. The topological polar surface area (TPSA) is 117 Å². The average molecular weight is 413 g/mol. The van der Waals surface area contributed by atoms with Crippen LogP contribution >= 0.6 is 0 Å². The molecule has 3 aromatic heterocycles. The summed E-state index contributed by atoms with van der Waals surface area (Å²) in [5.41, 5.74) is 7.73. The first-order chi connectivity index (χ1) is 14.4. The Morgan fingerprint density at radius 3 is 2.60 bits per heavy atom. The van der Waals surface area contributed by atoms with Crippen molar-refractivity contribution in [2.75, 3.05) is 11.1 Å². The number of nitrogens with two attached hydrogens (primary N) is 1. The van der Waals surface area contributed by atoms with E-state index in [0.29, 0.717) is 22.2 Å². The Balaban J connectivity index is 1.59. The number of pyridine rings is 2. The highest BCUT2D eigenvalue weighted by atomic mass is 19.1. The monoisotopic (exact) mass is 413 g/mol. The molecule has 0 amide bonds. The molecule has 6 rings (SSSR count). The van der Waals surface area contributed by atoms with E-state index in [9.17, 15) is 18.7 Å². The fraction of sp³-hybridized carbons (Fsp3) is 0.381. The van der Waals surface area contributed by atoms with E-state index in [0.717, 1.165) is 38.1 Å². The van der Waals surface area contributed by atoms with Crippen LogP contribution in [0.4, 0.5) is 20.3 Å². The molecule has 7 nitrogen and oxygen atoms in total. The minimum atomic E-state index is -0.849. The molecule has 30 heavy (non-hydrogen) atoms. The number of carboxylic acids is 1. The first-order valence-corrected chi connectivity index (χ1v) is 10.0. The smallest absolute Gasteiger partial charge is 0.308 e. The van der Waals surface area contributed by atoms with Crippen molar-refractivity contribution in [2.45, 2.75) is 31.7 Å². The van der Waals surface area contributed by atoms with Gasteiger partial charge in [0, 0.05) is 23.4 Å². The number of aromatic nitrogens is 3. The van der Waals surface area contributed by atoms with Crippen LogP contribution < -0.4 is 11.1 Å². The molecule has 0 unspecified atom stereocenters. The number of fused-ring (bicyclic) bond motifs is 4. The zero-order chi connectivity index (χ0) is 21.0. The largest absolute Gasteiger partial charge is 0.481 e. The Kier molecular flexibility index (Phi) is 4.34. The highest BCUT2D eigenvalue weighted by molar-refractivity contribution is 6.00. The zero-order valence-electron chi connectivity index (χ0n) is 16.0. The molecule has 0 aliphatic heterocycles. The van der Waals surface area contributed by atoms with Gasteiger partial charge in [0.2, 0.25) is 0 Å². The van der Waals surface area contributed by atoms with Crippen LogP contribution in [-0.4, -0.2) is 32.1 Å². The number of H-pyrrole nitrogens is 1. The van der Waals surface area contributed by atoms with Crippen molar-refractivity contribution in [3.05, 3.63) is 36.3 Å². The summed E-state index contributed by atoms with van der Waals surface area (Å²) < 4.78 is 28.5. The summed E-state index contributed by atoms with van der Waals surface area (Å²) >= 11 is 0. The molecule has 0 spiro atoms. The lowest BCUT2D eigenvalue weighted by Crippen LogP contribution is -2.51. The molecule has 3 aliphatic carbocycles. The molecule has 0 radical (unpaired) electrons. The molecule has 2 bridgehead atoms. The van der Waals surface area contributed by atoms with E-state index in [1.54, 1.807) is 6.20 Å². The molecule has 156 valence electrons. The van der Waals surface area contributed by atoms with Gasteiger partial charge in [-0.15, -0.1) is 0 Å². The van der Waals surface area contributed by atoms with Gasteiger partial charge in [-0.1, -0.05) is 0 Å². The summed E-state index contributed by atoms with van der Waals surface area (Å²) in [6, 6.07) is 0.895. The molecule has 0 saturated heterocycles. The van der Waals surface area contributed by atoms with Gasteiger partial charge >= 0.3 is 5.97 Å². The van der Waals surface area contributed by atoms with Crippen molar-refractivity contribution in [2.24, 2.45) is 17.8 Å². The second-order valence-corrected chi connectivity index (χ2v) is 8.20. The van der Waals surface area contributed by atoms with Gasteiger partial charge in [0.25, 0.3) is 0 Å². The lowest BCUT2D eigenvalue weighted by molar-refractivity contribution is -0.148. The maximum atomic E-state index is 14.8. The number of hydrogen-bond donors (Lipinski definition) is 4. The Bertz CT molecular complexity index is 1140. The molecule has 3 aliphatic rings. The Morgan fingerprint density at radius 1 is 1.13 bits per heavy atom. The number of halogens is 2. The van der Waals surface area contributed by atoms with Crippen molar-refractivity contribution < 1.29 is 18.7 Å². The molecule has 0 aromatic carbocycles. The van der Waals surface area contributed by atoms with Crippen LogP contribution in [0.25, 0.3) is 22.2 Å². The molecule has 2 atom stereocenters. The van der Waals surface area contributed by atoms with Gasteiger partial charge in [0.05, 0.1) is 35.0 Å². The van der Waals surface area contributed by atoms with E-state index in [1.807, 2.05) is 0 Å². The van der Waals surface area contributed by atoms with Gasteiger partial charge in [0.1, 0.15) is 11.6 Å². The molecular formula is C21H21F2N5O2. The lowest BCUT2D eigenvalue weighted by Gasteiger charge is -2.47. The lowest BCUT2D eigenvalue weighted by atomic mass is 9.61. The first-order valence-electron chi connectivity index (χ1n) is 10.0. The van der Waals surface area contributed by atoms with Gasteiger partial charge in [-0.2, -0.15) is 0 Å². The Morgan fingerprint density at radius 2 is 1.87 bits per heavy atom. The fourth-order valence-corrected chi connectivity index (χ4v) is 5.24. The summed E-state index contributed by atoms with van der Waals surface area (Å²) in [4.78, 5) is 23.0. The van der Waals surface area contributed by atoms with Crippen molar-refractivity contribution >= 4 is 28.5 Å². The number of rotatable bonds is 4. The minimum absolute atomic E-state index is 0.0998. The van der Waals surface area contributed by atoms with Gasteiger partial charge in [-0.3, -0.25) is 9.78 Å². The van der Waals surface area contributed by atoms with Crippen molar-refractivity contribution in [3.8, 4) is 11.1 Å². The number of nitrogen functional groups attached to an aromatic ring is 1. The number of nitrogens with one attached hydrogen (secondary N) is 2. The van der Waals surface area contributed by atoms with E-state index in [-0.39, 0.29) is 29.4 Å². The van der Waals surface area contributed by atoms with E-state index >= 15 is 0 Å². The molecule has 3 fully saturated rings. The van der Waals surface area contributed by atoms with E-state index in [1.165, 1.54) is 6.07 Å². The fourth-order valence-electron chi connectivity index (χ4n) is 5.24. The second kappa shape index (κ2) is 6.93. The Hall–Kier alpha value is -3.23. The number of aromatic amines is 1. The summed E-state index contributed by atoms with van der Waals surface area (Å²) in [6.45, 7) is 0. The standard InChI is InChI=1S/C21H21F2N5O2/c22-11-5-12(20(24)27-6-11)13-7-25-19-17(13)26-8-14(23)18(19)28-16-10-3-1-9(2-4-10)15(16)21(29)30/h5-10,15-16,25H,1-4H2,(H2,24,27)(H,26,28)(H,29,30)/t9-,10+,15-,16-/m0/s1. The summed E-state index contributed by atoms with van der Waals surface area (Å²) in [5, 5.41) is 13.0. The predicted molar refractivity (Wildman–Crippen MR) is 108 cm³/mol.